The molecule has 1 aliphatic rings. The van der Waals surface area contributed by atoms with Crippen molar-refractivity contribution < 1.29 is 45.1 Å². The van der Waals surface area contributed by atoms with Gasteiger partial charge < -0.3 is 14.8 Å². The van der Waals surface area contributed by atoms with E-state index in [0.29, 0.717) is 40.4 Å². The summed E-state index contributed by atoms with van der Waals surface area (Å²) >= 11 is 0. The summed E-state index contributed by atoms with van der Waals surface area (Å²) in [7, 11) is 0. The Bertz CT molecular complexity index is 1340. The van der Waals surface area contributed by atoms with E-state index in [1.165, 1.54) is 22.9 Å². The van der Waals surface area contributed by atoms with Crippen molar-refractivity contribution in [3.8, 4) is 0 Å². The molecule has 3 aromatic rings. The summed E-state index contributed by atoms with van der Waals surface area (Å²) in [5.74, 6) is -3.23. The van der Waals surface area contributed by atoms with Gasteiger partial charge in [-0.25, -0.2) is 4.39 Å². The Kier molecular flexibility index (Phi) is 8.19. The second-order valence-electron chi connectivity index (χ2n) is 9.15. The van der Waals surface area contributed by atoms with Gasteiger partial charge in [0.15, 0.2) is 0 Å². The van der Waals surface area contributed by atoms with Crippen LogP contribution in [0.2, 0.25) is 0 Å². The number of carbonyl (C=O) groups is 2. The molecule has 0 spiro atoms. The van der Waals surface area contributed by atoms with Crippen LogP contribution < -0.4 is 5.32 Å². The van der Waals surface area contributed by atoms with E-state index >= 15 is 0 Å². The number of nitrogens with one attached hydrogen (secondary N) is 1. The molecule has 210 valence electrons. The topological polar surface area (TPSA) is 63.6 Å². The predicted molar refractivity (Wildman–Crippen MR) is 126 cm³/mol. The van der Waals surface area contributed by atoms with E-state index in [0.717, 1.165) is 6.07 Å². The molecular weight excluding hydrogens is 535 g/mol. The number of benzene rings is 2. The molecule has 2 aromatic carbocycles. The molecule has 4 rings (SSSR count). The van der Waals surface area contributed by atoms with E-state index in [9.17, 15) is 40.3 Å². The van der Waals surface area contributed by atoms with Gasteiger partial charge in [0.05, 0.1) is 12.2 Å². The third-order valence-electron chi connectivity index (χ3n) is 6.61. The monoisotopic (exact) mass is 559 g/mol. The number of amides is 2. The molecule has 6 nitrogen and oxygen atoms in total. The number of para-hydroxylation sites is 1. The molecule has 0 aliphatic carbocycles. The summed E-state index contributed by atoms with van der Waals surface area (Å²) in [6.45, 7) is -0.607. The Morgan fingerprint density at radius 1 is 1.00 bits per heavy atom. The van der Waals surface area contributed by atoms with Crippen LogP contribution in [0.5, 0.6) is 0 Å². The number of ether oxygens (including phenoxy) is 1. The Morgan fingerprint density at radius 3 is 2.36 bits per heavy atom. The second kappa shape index (κ2) is 11.2. The Balaban J connectivity index is 1.43. The van der Waals surface area contributed by atoms with Crippen molar-refractivity contribution in [1.29, 1.82) is 0 Å². The highest BCUT2D eigenvalue weighted by Crippen LogP contribution is 2.32. The first-order valence-corrected chi connectivity index (χ1v) is 12.0. The first-order valence-electron chi connectivity index (χ1n) is 12.0. The van der Waals surface area contributed by atoms with Crippen molar-refractivity contribution in [3.05, 3.63) is 71.2 Å². The molecule has 0 saturated carbocycles. The number of hydrogen-bond donors (Lipinski definition) is 1. The van der Waals surface area contributed by atoms with Crippen molar-refractivity contribution in [2.24, 2.45) is 0 Å². The zero-order chi connectivity index (χ0) is 28.4. The number of fused-ring (bicyclic) bond motifs is 1. The minimum atomic E-state index is -5.02. The summed E-state index contributed by atoms with van der Waals surface area (Å²) in [6, 6.07) is 10.7. The third-order valence-corrected chi connectivity index (χ3v) is 6.61. The van der Waals surface area contributed by atoms with Crippen LogP contribution in [0.1, 0.15) is 40.2 Å². The first-order chi connectivity index (χ1) is 18.3. The van der Waals surface area contributed by atoms with Crippen molar-refractivity contribution in [2.75, 3.05) is 19.7 Å². The maximum Gasteiger partial charge on any atom is 0.522 e. The lowest BCUT2D eigenvalue weighted by molar-refractivity contribution is -0.325. The van der Waals surface area contributed by atoms with Crippen LogP contribution in [-0.2, 0) is 22.6 Å². The normalized spacial score (nSPS) is 15.1. The number of halogens is 7. The Hall–Kier alpha value is -3.61. The summed E-state index contributed by atoms with van der Waals surface area (Å²) in [5.41, 5.74) is 1.51. The van der Waals surface area contributed by atoms with Crippen LogP contribution in [0, 0.1) is 5.82 Å². The fourth-order valence-corrected chi connectivity index (χ4v) is 4.72. The van der Waals surface area contributed by atoms with Gasteiger partial charge in [-0.1, -0.05) is 30.3 Å². The summed E-state index contributed by atoms with van der Waals surface area (Å²) in [4.78, 5) is 26.0. The van der Waals surface area contributed by atoms with E-state index in [1.54, 1.807) is 34.5 Å². The number of hydrogen-bond acceptors (Lipinski definition) is 3. The Morgan fingerprint density at radius 2 is 1.69 bits per heavy atom. The van der Waals surface area contributed by atoms with Gasteiger partial charge in [-0.3, -0.25) is 14.3 Å². The van der Waals surface area contributed by atoms with Gasteiger partial charge in [0.25, 0.3) is 5.91 Å². The lowest BCUT2D eigenvalue weighted by Gasteiger charge is -2.32. The van der Waals surface area contributed by atoms with Crippen LogP contribution in [-0.4, -0.2) is 53.5 Å². The number of piperidine rings is 1. The lowest BCUT2D eigenvalue weighted by Crippen LogP contribution is -2.38. The number of carbonyl (C=O) groups excluding carboxylic acids is 2. The molecule has 39 heavy (non-hydrogen) atoms. The average Bonchev–Trinajstić information content (AvgIpc) is 3.25. The number of nitrogens with zero attached hydrogens (tertiary/aromatic N) is 2. The van der Waals surface area contributed by atoms with Crippen LogP contribution >= 0.6 is 0 Å². The van der Waals surface area contributed by atoms with Crippen molar-refractivity contribution in [1.82, 2.24) is 14.8 Å². The fraction of sp³-hybridized carbons (Fsp3) is 0.385. The van der Waals surface area contributed by atoms with Crippen molar-refractivity contribution >= 4 is 22.7 Å². The van der Waals surface area contributed by atoms with Gasteiger partial charge in [-0.15, -0.1) is 13.2 Å². The van der Waals surface area contributed by atoms with Gasteiger partial charge in [0, 0.05) is 43.3 Å². The van der Waals surface area contributed by atoms with Gasteiger partial charge in [-0.2, -0.15) is 13.2 Å². The molecule has 1 N–H and O–H groups in total. The minimum Gasteiger partial charge on any atom is -0.344 e. The molecule has 0 radical (unpaired) electrons. The predicted octanol–water partition coefficient (Wildman–Crippen LogP) is 5.52. The van der Waals surface area contributed by atoms with E-state index < -0.39 is 37.4 Å². The third kappa shape index (κ3) is 6.88. The number of rotatable bonds is 7. The molecule has 1 fully saturated rings. The van der Waals surface area contributed by atoms with Crippen LogP contribution in [0.25, 0.3) is 10.9 Å². The largest absolute Gasteiger partial charge is 0.522 e. The number of aromatic nitrogens is 1. The van der Waals surface area contributed by atoms with Gasteiger partial charge in [0.2, 0.25) is 0 Å². The van der Waals surface area contributed by atoms with Gasteiger partial charge in [0.1, 0.15) is 5.82 Å². The quantitative estimate of drug-likeness (QED) is 0.388. The van der Waals surface area contributed by atoms with Gasteiger partial charge in [-0.05, 0) is 42.0 Å². The minimum absolute atomic E-state index is 0.117. The molecule has 2 amide bonds. The van der Waals surface area contributed by atoms with Crippen molar-refractivity contribution in [2.45, 2.75) is 44.4 Å². The summed E-state index contributed by atoms with van der Waals surface area (Å²) in [5, 5.41) is 2.34. The number of likely N-dealkylation sites (tertiary alicyclic amines) is 1. The molecule has 13 heteroatoms. The van der Waals surface area contributed by atoms with E-state index in [-0.39, 0.29) is 31.5 Å². The van der Waals surface area contributed by atoms with Gasteiger partial charge >= 0.3 is 18.4 Å². The van der Waals surface area contributed by atoms with E-state index in [4.69, 9.17) is 0 Å². The number of alkyl halides is 6. The standard InChI is InChI=1S/C26H24F7N3O3/c27-21-6-5-16(14-34-24(38)25(28,29)30)13-19(21)17-7-9-35(10-8-17)23(37)20-15-36(11-12-39-26(31,32)33)22-4-2-1-3-18(20)22/h1-6,13,15,17H,7-12,14H2,(H,34,38). The molecule has 1 aromatic heterocycles. The highest BCUT2D eigenvalue weighted by molar-refractivity contribution is 6.07. The SMILES string of the molecule is O=C(c1cn(CCOC(F)(F)F)c2ccccc12)N1CCC(c2cc(CNC(=O)C(F)(F)F)ccc2F)CC1. The highest BCUT2D eigenvalue weighted by Gasteiger charge is 2.38. The molecule has 0 atom stereocenters. The Labute approximate surface area is 218 Å². The average molecular weight is 559 g/mol. The maximum absolute atomic E-state index is 14.6. The summed E-state index contributed by atoms with van der Waals surface area (Å²) in [6.07, 6.45) is -7.51. The highest BCUT2D eigenvalue weighted by atomic mass is 19.4. The van der Waals surface area contributed by atoms with Crippen LogP contribution in [0.3, 0.4) is 0 Å². The fourth-order valence-electron chi connectivity index (χ4n) is 4.72. The van der Waals surface area contributed by atoms with Crippen LogP contribution in [0.4, 0.5) is 30.7 Å². The van der Waals surface area contributed by atoms with Crippen molar-refractivity contribution in [3.63, 3.8) is 0 Å². The smallest absolute Gasteiger partial charge is 0.344 e. The molecule has 0 bridgehead atoms. The van der Waals surface area contributed by atoms with Crippen LogP contribution in [0.15, 0.2) is 48.7 Å². The van der Waals surface area contributed by atoms with E-state index in [1.807, 2.05) is 0 Å². The molecule has 1 aliphatic heterocycles. The molecule has 1 saturated heterocycles. The molecular formula is C26H24F7N3O3. The second-order valence-corrected chi connectivity index (χ2v) is 9.15. The lowest BCUT2D eigenvalue weighted by atomic mass is 9.88. The zero-order valence-corrected chi connectivity index (χ0v) is 20.4. The molecule has 2 heterocycles. The first kappa shape index (κ1) is 28.4. The summed E-state index contributed by atoms with van der Waals surface area (Å²) < 4.78 is 94.5. The molecule has 0 unspecified atom stereocenters. The maximum atomic E-state index is 14.6. The van der Waals surface area contributed by atoms with E-state index in [2.05, 4.69) is 4.74 Å². The zero-order valence-electron chi connectivity index (χ0n) is 20.4.